The fourth-order valence-electron chi connectivity index (χ4n) is 2.79. The van der Waals surface area contributed by atoms with Crippen LogP contribution in [0.25, 0.3) is 0 Å². The number of hydrogen-bond acceptors (Lipinski definition) is 4. The Labute approximate surface area is 113 Å². The summed E-state index contributed by atoms with van der Waals surface area (Å²) in [5.74, 6) is 0.536. The van der Waals surface area contributed by atoms with Gasteiger partial charge in [0.2, 0.25) is 0 Å². The van der Waals surface area contributed by atoms with E-state index in [1.54, 1.807) is 6.33 Å². The zero-order valence-corrected chi connectivity index (χ0v) is 11.2. The summed E-state index contributed by atoms with van der Waals surface area (Å²) < 4.78 is 1.86. The fraction of sp³-hybridized carbons (Fsp3) is 0.500. The molecule has 0 amide bonds. The monoisotopic (exact) mass is 257 g/mol. The van der Waals surface area contributed by atoms with Gasteiger partial charge in [0.25, 0.3) is 0 Å². The lowest BCUT2D eigenvalue weighted by atomic mass is 9.94. The molecule has 1 aliphatic rings. The van der Waals surface area contributed by atoms with E-state index in [1.807, 2.05) is 30.2 Å². The molecule has 0 saturated carbocycles. The van der Waals surface area contributed by atoms with Crippen LogP contribution < -0.4 is 0 Å². The molecular formula is C14H19N5. The molecule has 0 spiro atoms. The second-order valence-corrected chi connectivity index (χ2v) is 5.23. The molecule has 0 aromatic carbocycles. The van der Waals surface area contributed by atoms with Gasteiger partial charge in [-0.05, 0) is 25.5 Å². The maximum Gasteiger partial charge on any atom is 0.115 e. The summed E-state index contributed by atoms with van der Waals surface area (Å²) in [5, 5.41) is 4.23. The van der Waals surface area contributed by atoms with Crippen LogP contribution in [0.5, 0.6) is 0 Å². The van der Waals surface area contributed by atoms with Crippen molar-refractivity contribution in [2.45, 2.75) is 25.3 Å². The van der Waals surface area contributed by atoms with Gasteiger partial charge in [0.1, 0.15) is 6.33 Å². The highest BCUT2D eigenvalue weighted by Gasteiger charge is 2.22. The van der Waals surface area contributed by atoms with E-state index < -0.39 is 0 Å². The van der Waals surface area contributed by atoms with Crippen molar-refractivity contribution in [3.8, 4) is 0 Å². The first-order valence-corrected chi connectivity index (χ1v) is 6.77. The molecule has 0 N–H and O–H groups in total. The van der Waals surface area contributed by atoms with E-state index >= 15 is 0 Å². The van der Waals surface area contributed by atoms with E-state index in [9.17, 15) is 0 Å². The third kappa shape index (κ3) is 2.98. The van der Waals surface area contributed by atoms with E-state index in [1.165, 1.54) is 24.1 Å². The summed E-state index contributed by atoms with van der Waals surface area (Å²) in [5.41, 5.74) is 2.46. The van der Waals surface area contributed by atoms with Crippen molar-refractivity contribution in [3.05, 3.63) is 42.2 Å². The van der Waals surface area contributed by atoms with Crippen molar-refractivity contribution in [2.24, 2.45) is 7.05 Å². The van der Waals surface area contributed by atoms with Gasteiger partial charge < -0.3 is 0 Å². The zero-order chi connectivity index (χ0) is 13.1. The first-order chi connectivity index (χ1) is 9.31. The molecule has 1 fully saturated rings. The molecule has 19 heavy (non-hydrogen) atoms. The number of aromatic nitrogens is 4. The largest absolute Gasteiger partial charge is 0.298 e. The molecule has 100 valence electrons. The minimum Gasteiger partial charge on any atom is -0.298 e. The molecule has 0 unspecified atom stereocenters. The van der Waals surface area contributed by atoms with Crippen LogP contribution in [0.3, 0.4) is 0 Å². The first kappa shape index (κ1) is 12.3. The van der Waals surface area contributed by atoms with E-state index in [0.717, 1.165) is 19.6 Å². The minimum absolute atomic E-state index is 0.536. The Bertz CT molecular complexity index is 522. The average molecular weight is 257 g/mol. The Hall–Kier alpha value is -1.75. The number of nitrogens with zero attached hydrogens (tertiary/aromatic N) is 5. The second kappa shape index (κ2) is 5.48. The molecule has 1 saturated heterocycles. The molecule has 0 aliphatic carbocycles. The third-order valence-corrected chi connectivity index (χ3v) is 3.69. The minimum atomic E-state index is 0.536. The van der Waals surface area contributed by atoms with E-state index in [-0.39, 0.29) is 0 Å². The summed E-state index contributed by atoms with van der Waals surface area (Å²) in [6, 6.07) is 2.04. The van der Waals surface area contributed by atoms with Crippen LogP contribution >= 0.6 is 0 Å². The quantitative estimate of drug-likeness (QED) is 0.837. The van der Waals surface area contributed by atoms with Gasteiger partial charge in [-0.25, -0.2) is 9.97 Å². The fourth-order valence-corrected chi connectivity index (χ4v) is 2.79. The topological polar surface area (TPSA) is 46.8 Å². The lowest BCUT2D eigenvalue weighted by Gasteiger charge is -2.32. The van der Waals surface area contributed by atoms with Crippen LogP contribution in [0, 0.1) is 0 Å². The summed E-state index contributed by atoms with van der Waals surface area (Å²) >= 11 is 0. The van der Waals surface area contributed by atoms with Gasteiger partial charge in [-0.3, -0.25) is 9.58 Å². The number of likely N-dealkylation sites (tertiary alicyclic amines) is 1. The number of hydrogen-bond donors (Lipinski definition) is 0. The summed E-state index contributed by atoms with van der Waals surface area (Å²) in [6.07, 6.45) is 9.98. The van der Waals surface area contributed by atoms with Crippen molar-refractivity contribution in [1.82, 2.24) is 24.6 Å². The van der Waals surface area contributed by atoms with Crippen LogP contribution in [0.2, 0.25) is 0 Å². The SMILES string of the molecule is Cn1cc(CN2CCC[C@H](c3ccncn3)C2)cn1. The van der Waals surface area contributed by atoms with E-state index in [4.69, 9.17) is 0 Å². The van der Waals surface area contributed by atoms with Gasteiger partial charge in [-0.2, -0.15) is 5.10 Å². The molecule has 0 bridgehead atoms. The van der Waals surface area contributed by atoms with Crippen molar-refractivity contribution in [3.63, 3.8) is 0 Å². The van der Waals surface area contributed by atoms with Gasteiger partial charge in [0.05, 0.1) is 6.20 Å². The van der Waals surface area contributed by atoms with Crippen LogP contribution in [0.1, 0.15) is 30.0 Å². The van der Waals surface area contributed by atoms with Gasteiger partial charge in [-0.1, -0.05) is 0 Å². The smallest absolute Gasteiger partial charge is 0.115 e. The zero-order valence-electron chi connectivity index (χ0n) is 11.2. The average Bonchev–Trinajstić information content (AvgIpc) is 2.85. The van der Waals surface area contributed by atoms with Gasteiger partial charge in [0, 0.05) is 49.7 Å². The lowest BCUT2D eigenvalue weighted by Crippen LogP contribution is -2.34. The Kier molecular flexibility index (Phi) is 3.55. The first-order valence-electron chi connectivity index (χ1n) is 6.77. The highest BCUT2D eigenvalue weighted by atomic mass is 15.2. The molecule has 2 aromatic heterocycles. The maximum absolute atomic E-state index is 4.39. The van der Waals surface area contributed by atoms with Gasteiger partial charge in [-0.15, -0.1) is 0 Å². The predicted molar refractivity (Wildman–Crippen MR) is 72.5 cm³/mol. The van der Waals surface area contributed by atoms with Crippen LogP contribution in [0.15, 0.2) is 31.0 Å². The standard InChI is InChI=1S/C14H19N5/c1-18-8-12(7-17-18)9-19-6-2-3-13(10-19)14-4-5-15-11-16-14/h4-5,7-8,11,13H,2-3,6,9-10H2,1H3/t13-/m0/s1. The number of aryl methyl sites for hydroxylation is 1. The molecule has 3 rings (SSSR count). The van der Waals surface area contributed by atoms with Gasteiger partial charge >= 0.3 is 0 Å². The summed E-state index contributed by atoms with van der Waals surface area (Å²) in [6.45, 7) is 3.22. The van der Waals surface area contributed by atoms with Crippen LogP contribution in [-0.4, -0.2) is 37.7 Å². The number of piperidine rings is 1. The van der Waals surface area contributed by atoms with Crippen molar-refractivity contribution in [1.29, 1.82) is 0 Å². The normalized spacial score (nSPS) is 20.6. The van der Waals surface area contributed by atoms with Crippen LogP contribution in [0.4, 0.5) is 0 Å². The molecule has 2 aromatic rings. The Morgan fingerprint density at radius 3 is 3.11 bits per heavy atom. The van der Waals surface area contributed by atoms with Crippen molar-refractivity contribution < 1.29 is 0 Å². The van der Waals surface area contributed by atoms with E-state index in [0.29, 0.717) is 5.92 Å². The molecule has 0 radical (unpaired) electrons. The van der Waals surface area contributed by atoms with Crippen molar-refractivity contribution in [2.75, 3.05) is 13.1 Å². The molecule has 5 nitrogen and oxygen atoms in total. The third-order valence-electron chi connectivity index (χ3n) is 3.69. The maximum atomic E-state index is 4.39. The highest BCUT2D eigenvalue weighted by Crippen LogP contribution is 2.25. The lowest BCUT2D eigenvalue weighted by molar-refractivity contribution is 0.198. The molecule has 5 heteroatoms. The summed E-state index contributed by atoms with van der Waals surface area (Å²) in [4.78, 5) is 10.9. The molecule has 1 atom stereocenters. The van der Waals surface area contributed by atoms with Crippen LogP contribution in [-0.2, 0) is 13.6 Å². The summed E-state index contributed by atoms with van der Waals surface area (Å²) in [7, 11) is 1.96. The van der Waals surface area contributed by atoms with Gasteiger partial charge in [0.15, 0.2) is 0 Å². The second-order valence-electron chi connectivity index (χ2n) is 5.23. The molecule has 1 aliphatic heterocycles. The van der Waals surface area contributed by atoms with E-state index in [2.05, 4.69) is 26.2 Å². The molecule has 3 heterocycles. The molecular weight excluding hydrogens is 238 g/mol. The Balaban J connectivity index is 1.65. The Morgan fingerprint density at radius 2 is 2.37 bits per heavy atom. The van der Waals surface area contributed by atoms with Crippen molar-refractivity contribution >= 4 is 0 Å². The predicted octanol–water partition coefficient (Wildman–Crippen LogP) is 1.59. The highest BCUT2D eigenvalue weighted by molar-refractivity contribution is 5.09. The Morgan fingerprint density at radius 1 is 1.42 bits per heavy atom. The number of rotatable bonds is 3.